The summed E-state index contributed by atoms with van der Waals surface area (Å²) in [6, 6.07) is 0.324. The van der Waals surface area contributed by atoms with Gasteiger partial charge in [0.1, 0.15) is 6.04 Å². The van der Waals surface area contributed by atoms with E-state index < -0.39 is 0 Å². The monoisotopic (exact) mass is 374 g/mol. The minimum Gasteiger partial charge on any atom is -0.348 e. The van der Waals surface area contributed by atoms with Crippen molar-refractivity contribution < 1.29 is 4.79 Å². The number of rotatable bonds is 4. The Morgan fingerprint density at radius 1 is 1.30 bits per heavy atom. The van der Waals surface area contributed by atoms with Crippen LogP contribution in [-0.2, 0) is 16.8 Å². The van der Waals surface area contributed by atoms with E-state index in [0.717, 1.165) is 58.3 Å². The summed E-state index contributed by atoms with van der Waals surface area (Å²) >= 11 is 0. The van der Waals surface area contributed by atoms with Gasteiger partial charge in [-0.05, 0) is 31.6 Å². The van der Waals surface area contributed by atoms with Crippen molar-refractivity contribution in [1.82, 2.24) is 30.6 Å². The number of aromatic amines is 1. The lowest BCUT2D eigenvalue weighted by Gasteiger charge is -2.51. The zero-order valence-electron chi connectivity index (χ0n) is 16.9. The molecule has 0 radical (unpaired) electrons. The number of amides is 1. The van der Waals surface area contributed by atoms with E-state index in [4.69, 9.17) is 4.98 Å². The van der Waals surface area contributed by atoms with Crippen molar-refractivity contribution in [2.24, 2.45) is 5.92 Å². The number of H-pyrrole nitrogens is 1. The predicted molar refractivity (Wildman–Crippen MR) is 105 cm³/mol. The first-order chi connectivity index (χ1) is 13.0. The molecule has 1 spiro atoms. The summed E-state index contributed by atoms with van der Waals surface area (Å²) in [5.74, 6) is 0.878. The molecule has 2 atom stereocenters. The zero-order chi connectivity index (χ0) is 19.0. The number of imidazole rings is 1. The van der Waals surface area contributed by atoms with Crippen LogP contribution in [0.3, 0.4) is 0 Å². The molecule has 7 nitrogen and oxygen atoms in total. The molecule has 1 amide bonds. The maximum atomic E-state index is 13.0. The summed E-state index contributed by atoms with van der Waals surface area (Å²) in [7, 11) is 0. The molecule has 7 heteroatoms. The Bertz CT molecular complexity index is 663. The quantitative estimate of drug-likeness (QED) is 0.742. The van der Waals surface area contributed by atoms with Gasteiger partial charge in [-0.25, -0.2) is 10.4 Å². The molecular formula is C20H34N6O. The summed E-state index contributed by atoms with van der Waals surface area (Å²) < 4.78 is 0. The fourth-order valence-corrected chi connectivity index (χ4v) is 5.15. The molecule has 4 rings (SSSR count). The molecule has 3 aliphatic rings. The molecule has 1 aromatic heterocycles. The number of hydrazine groups is 1. The van der Waals surface area contributed by atoms with E-state index in [0.29, 0.717) is 12.0 Å². The molecule has 1 aromatic rings. The van der Waals surface area contributed by atoms with Crippen LogP contribution in [0.2, 0.25) is 0 Å². The van der Waals surface area contributed by atoms with Gasteiger partial charge in [-0.1, -0.05) is 20.8 Å². The number of fused-ring (bicyclic) bond motifs is 2. The molecule has 2 fully saturated rings. The van der Waals surface area contributed by atoms with E-state index in [9.17, 15) is 4.79 Å². The largest absolute Gasteiger partial charge is 0.348 e. The summed E-state index contributed by atoms with van der Waals surface area (Å²) in [5.41, 5.74) is 8.97. The Labute approximate surface area is 162 Å². The van der Waals surface area contributed by atoms with E-state index in [1.165, 1.54) is 11.4 Å². The third kappa shape index (κ3) is 3.41. The van der Waals surface area contributed by atoms with E-state index in [1.54, 1.807) is 0 Å². The third-order valence-electron chi connectivity index (χ3n) is 6.66. The Kier molecular flexibility index (Phi) is 5.27. The van der Waals surface area contributed by atoms with Gasteiger partial charge in [0.05, 0.1) is 17.6 Å². The van der Waals surface area contributed by atoms with Crippen molar-refractivity contribution in [1.29, 1.82) is 0 Å². The minimum atomic E-state index is -0.0805. The molecular weight excluding hydrogens is 340 g/mol. The smallest absolute Gasteiger partial charge is 0.241 e. The molecule has 0 aromatic carbocycles. The molecule has 0 bridgehead atoms. The van der Waals surface area contributed by atoms with Crippen LogP contribution in [0.4, 0.5) is 0 Å². The number of piperidine rings is 1. The van der Waals surface area contributed by atoms with E-state index >= 15 is 0 Å². The van der Waals surface area contributed by atoms with Crippen LogP contribution in [-0.4, -0.2) is 63.9 Å². The second kappa shape index (κ2) is 7.53. The Morgan fingerprint density at radius 2 is 2.07 bits per heavy atom. The summed E-state index contributed by atoms with van der Waals surface area (Å²) in [5, 5.41) is 0. The third-order valence-corrected chi connectivity index (χ3v) is 6.66. The summed E-state index contributed by atoms with van der Waals surface area (Å²) in [4.78, 5) is 25.8. The highest BCUT2D eigenvalue weighted by Gasteiger charge is 2.47. The van der Waals surface area contributed by atoms with Crippen LogP contribution in [0.25, 0.3) is 0 Å². The second-order valence-electron chi connectivity index (χ2n) is 8.86. The number of carbonyl (C=O) groups excluding carboxylic acids is 1. The SMILES string of the molecule is CCC1CC(C(=O)N2CCC3(CC2)c2nc[nH]c2CCN3CC(C)C)NN1. The average Bonchev–Trinajstić information content (AvgIpc) is 3.33. The van der Waals surface area contributed by atoms with E-state index in [-0.39, 0.29) is 17.5 Å². The first-order valence-electron chi connectivity index (χ1n) is 10.6. The van der Waals surface area contributed by atoms with Crippen molar-refractivity contribution >= 4 is 5.91 Å². The number of carbonyl (C=O) groups is 1. The number of likely N-dealkylation sites (tertiary alicyclic amines) is 1. The second-order valence-corrected chi connectivity index (χ2v) is 8.86. The Morgan fingerprint density at radius 3 is 2.74 bits per heavy atom. The van der Waals surface area contributed by atoms with Gasteiger partial charge in [0.25, 0.3) is 0 Å². The fourth-order valence-electron chi connectivity index (χ4n) is 5.15. The number of hydrogen-bond donors (Lipinski definition) is 3. The molecule has 2 saturated heterocycles. The van der Waals surface area contributed by atoms with Gasteiger partial charge >= 0.3 is 0 Å². The van der Waals surface area contributed by atoms with Crippen molar-refractivity contribution in [3.8, 4) is 0 Å². The van der Waals surface area contributed by atoms with Gasteiger partial charge in [0.15, 0.2) is 0 Å². The topological polar surface area (TPSA) is 76.3 Å². The Balaban J connectivity index is 1.48. The molecule has 27 heavy (non-hydrogen) atoms. The summed E-state index contributed by atoms with van der Waals surface area (Å²) in [6.45, 7) is 10.5. The van der Waals surface area contributed by atoms with Gasteiger partial charge in [0.2, 0.25) is 5.91 Å². The molecule has 150 valence electrons. The van der Waals surface area contributed by atoms with Crippen molar-refractivity contribution in [2.75, 3.05) is 26.2 Å². The number of nitrogens with zero attached hydrogens (tertiary/aromatic N) is 3. The van der Waals surface area contributed by atoms with Gasteiger partial charge in [-0.3, -0.25) is 15.1 Å². The highest BCUT2D eigenvalue weighted by Crippen LogP contribution is 2.42. The summed E-state index contributed by atoms with van der Waals surface area (Å²) in [6.07, 6.45) is 6.78. The van der Waals surface area contributed by atoms with Gasteiger partial charge in [-0.2, -0.15) is 0 Å². The molecule has 4 heterocycles. The minimum absolute atomic E-state index is 0.0120. The lowest BCUT2D eigenvalue weighted by molar-refractivity contribution is -0.136. The van der Waals surface area contributed by atoms with E-state index in [2.05, 4.69) is 46.4 Å². The van der Waals surface area contributed by atoms with Crippen LogP contribution in [0.15, 0.2) is 6.33 Å². The molecule has 3 N–H and O–H groups in total. The van der Waals surface area contributed by atoms with Crippen LogP contribution in [0.1, 0.15) is 57.8 Å². The normalized spacial score (nSPS) is 28.1. The Hall–Kier alpha value is -1.44. The van der Waals surface area contributed by atoms with Crippen LogP contribution in [0.5, 0.6) is 0 Å². The van der Waals surface area contributed by atoms with Gasteiger partial charge in [-0.15, -0.1) is 0 Å². The predicted octanol–water partition coefficient (Wildman–Crippen LogP) is 1.39. The first-order valence-corrected chi connectivity index (χ1v) is 10.6. The van der Waals surface area contributed by atoms with Gasteiger partial charge in [0, 0.05) is 44.3 Å². The molecule has 2 unspecified atom stereocenters. The average molecular weight is 375 g/mol. The van der Waals surface area contributed by atoms with Crippen LogP contribution >= 0.6 is 0 Å². The highest BCUT2D eigenvalue weighted by molar-refractivity contribution is 5.82. The van der Waals surface area contributed by atoms with E-state index in [1.807, 2.05) is 6.33 Å². The van der Waals surface area contributed by atoms with Crippen molar-refractivity contribution in [3.63, 3.8) is 0 Å². The maximum absolute atomic E-state index is 13.0. The fraction of sp³-hybridized carbons (Fsp3) is 0.800. The standard InChI is InChI=1S/C20H34N6O/c1-4-15-11-17(24-23-15)19(27)25-9-6-20(7-10-25)18-16(21-13-22-18)5-8-26(20)12-14(2)3/h13-15,17,23-24H,4-12H2,1-3H3,(H,21,22). The lowest BCUT2D eigenvalue weighted by atomic mass is 9.78. The highest BCUT2D eigenvalue weighted by atomic mass is 16.2. The number of aromatic nitrogens is 2. The first kappa shape index (κ1) is 18.9. The maximum Gasteiger partial charge on any atom is 0.241 e. The van der Waals surface area contributed by atoms with Crippen LogP contribution < -0.4 is 10.9 Å². The number of hydrogen-bond acceptors (Lipinski definition) is 5. The lowest BCUT2D eigenvalue weighted by Crippen LogP contribution is -2.59. The van der Waals surface area contributed by atoms with Crippen LogP contribution in [0, 0.1) is 5.92 Å². The molecule has 0 aliphatic carbocycles. The van der Waals surface area contributed by atoms with Crippen molar-refractivity contribution in [2.45, 2.75) is 70.5 Å². The number of nitrogens with one attached hydrogen (secondary N) is 3. The zero-order valence-corrected chi connectivity index (χ0v) is 16.9. The van der Waals surface area contributed by atoms with Gasteiger partial charge < -0.3 is 9.88 Å². The van der Waals surface area contributed by atoms with Crippen molar-refractivity contribution in [3.05, 3.63) is 17.7 Å². The molecule has 0 saturated carbocycles. The molecule has 3 aliphatic heterocycles.